The maximum atomic E-state index is 13.6. The third-order valence-electron chi connectivity index (χ3n) is 4.19. The van der Waals surface area contributed by atoms with E-state index in [0.717, 1.165) is 16.8 Å². The lowest BCUT2D eigenvalue weighted by molar-refractivity contribution is -0.122. The Morgan fingerprint density at radius 3 is 2.67 bits per heavy atom. The molecule has 7 heteroatoms. The molecule has 0 bridgehead atoms. The van der Waals surface area contributed by atoms with E-state index in [4.69, 9.17) is 0 Å². The Morgan fingerprint density at radius 2 is 1.96 bits per heavy atom. The van der Waals surface area contributed by atoms with Gasteiger partial charge in [0, 0.05) is 12.1 Å². The molecule has 2 N–H and O–H groups in total. The molecule has 140 valence electrons. The normalized spacial score (nSPS) is 17.9. The number of aliphatic imine (C=N–C) groups is 1. The zero-order valence-electron chi connectivity index (χ0n) is 15.3. The summed E-state index contributed by atoms with van der Waals surface area (Å²) >= 11 is 1.18. The van der Waals surface area contributed by atoms with Gasteiger partial charge in [0.25, 0.3) is 0 Å². The fraction of sp³-hybridized carbons (Fsp3) is 0.250. The molecule has 0 radical (unpaired) electrons. The van der Waals surface area contributed by atoms with Crippen LogP contribution in [0.2, 0.25) is 0 Å². The lowest BCUT2D eigenvalue weighted by Gasteiger charge is -2.10. The van der Waals surface area contributed by atoms with Crippen molar-refractivity contribution in [2.45, 2.75) is 32.4 Å². The predicted octanol–water partition coefficient (Wildman–Crippen LogP) is 4.00. The molecule has 1 atom stereocenters. The van der Waals surface area contributed by atoms with Crippen LogP contribution in [0.15, 0.2) is 41.4 Å². The zero-order chi connectivity index (χ0) is 19.6. The summed E-state index contributed by atoms with van der Waals surface area (Å²) in [5, 5.41) is 5.29. The molecule has 5 nitrogen and oxygen atoms in total. The number of amidine groups is 1. The van der Waals surface area contributed by atoms with E-state index in [0.29, 0.717) is 16.4 Å². The van der Waals surface area contributed by atoms with E-state index >= 15 is 0 Å². The molecule has 1 heterocycles. The minimum Gasteiger partial charge on any atom is -0.326 e. The van der Waals surface area contributed by atoms with Gasteiger partial charge in [-0.3, -0.25) is 9.59 Å². The van der Waals surface area contributed by atoms with Gasteiger partial charge in [0.1, 0.15) is 11.1 Å². The molecule has 2 amide bonds. The summed E-state index contributed by atoms with van der Waals surface area (Å²) in [5.74, 6) is -0.866. The highest BCUT2D eigenvalue weighted by atomic mass is 32.2. The van der Waals surface area contributed by atoms with Crippen molar-refractivity contribution in [3.63, 3.8) is 0 Å². The maximum Gasteiger partial charge on any atom is 0.240 e. The van der Waals surface area contributed by atoms with Crippen LogP contribution < -0.4 is 10.6 Å². The molecule has 0 saturated carbocycles. The van der Waals surface area contributed by atoms with Crippen LogP contribution in [0.3, 0.4) is 0 Å². The van der Waals surface area contributed by atoms with Gasteiger partial charge in [-0.25, -0.2) is 9.38 Å². The van der Waals surface area contributed by atoms with Crippen LogP contribution in [0.25, 0.3) is 0 Å². The molecule has 1 aliphatic heterocycles. The minimum atomic E-state index is -0.565. The monoisotopic (exact) mass is 385 g/mol. The summed E-state index contributed by atoms with van der Waals surface area (Å²) in [6.07, 6.45) is 0.0328. The Balaban J connectivity index is 1.64. The number of anilines is 1. The molecular formula is C20H20FN3O2S. The van der Waals surface area contributed by atoms with Crippen molar-refractivity contribution in [2.75, 3.05) is 5.32 Å². The van der Waals surface area contributed by atoms with E-state index in [9.17, 15) is 14.0 Å². The van der Waals surface area contributed by atoms with Gasteiger partial charge in [0.2, 0.25) is 11.8 Å². The number of thioether (sulfide) groups is 1. The van der Waals surface area contributed by atoms with Gasteiger partial charge < -0.3 is 10.6 Å². The van der Waals surface area contributed by atoms with Gasteiger partial charge in [0.05, 0.1) is 5.69 Å². The Kier molecular flexibility index (Phi) is 5.60. The highest BCUT2D eigenvalue weighted by Gasteiger charge is 2.32. The fourth-order valence-electron chi connectivity index (χ4n) is 2.68. The molecular weight excluding hydrogens is 365 g/mol. The average molecular weight is 385 g/mol. The predicted molar refractivity (Wildman–Crippen MR) is 107 cm³/mol. The molecule has 0 unspecified atom stereocenters. The summed E-state index contributed by atoms with van der Waals surface area (Å²) < 4.78 is 13.6. The van der Waals surface area contributed by atoms with Crippen LogP contribution in [0.5, 0.6) is 0 Å². The number of nitrogens with one attached hydrogen (secondary N) is 2. The Bertz CT molecular complexity index is 943. The Labute approximate surface area is 161 Å². The lowest BCUT2D eigenvalue weighted by atomic mass is 10.1. The first-order valence-electron chi connectivity index (χ1n) is 8.51. The molecule has 1 fully saturated rings. The first kappa shape index (κ1) is 19.1. The summed E-state index contributed by atoms with van der Waals surface area (Å²) in [4.78, 5) is 28.7. The topological polar surface area (TPSA) is 70.6 Å². The largest absolute Gasteiger partial charge is 0.326 e. The maximum absolute atomic E-state index is 13.6. The van der Waals surface area contributed by atoms with Gasteiger partial charge in [0.15, 0.2) is 5.17 Å². The standard InChI is InChI=1S/C20H20FN3O2S/c1-11-4-7-16(13(3)8-11)23-18(25)10-17-19(26)24-20(27-17)22-14-6-5-12(2)15(21)9-14/h4-9,17H,10H2,1-3H3,(H,23,25)(H,22,24,26)/t17-/m1/s1. The summed E-state index contributed by atoms with van der Waals surface area (Å²) in [5.41, 5.74) is 3.77. The molecule has 1 saturated heterocycles. The highest BCUT2D eigenvalue weighted by molar-refractivity contribution is 8.15. The average Bonchev–Trinajstić information content (AvgIpc) is 2.93. The van der Waals surface area contributed by atoms with Gasteiger partial charge in [-0.05, 0) is 50.1 Å². The van der Waals surface area contributed by atoms with Crippen LogP contribution in [-0.2, 0) is 9.59 Å². The third-order valence-corrected chi connectivity index (χ3v) is 5.27. The van der Waals surface area contributed by atoms with Crippen LogP contribution in [-0.4, -0.2) is 22.2 Å². The van der Waals surface area contributed by atoms with Gasteiger partial charge in [-0.1, -0.05) is 35.5 Å². The number of hydrogen-bond acceptors (Lipinski definition) is 4. The van der Waals surface area contributed by atoms with Crippen LogP contribution in [0, 0.1) is 26.6 Å². The van der Waals surface area contributed by atoms with E-state index in [1.54, 1.807) is 19.1 Å². The van der Waals surface area contributed by atoms with Crippen LogP contribution in [0.4, 0.5) is 15.8 Å². The molecule has 0 aromatic heterocycles. The molecule has 3 rings (SSSR count). The van der Waals surface area contributed by atoms with Gasteiger partial charge >= 0.3 is 0 Å². The minimum absolute atomic E-state index is 0.0328. The van der Waals surface area contributed by atoms with E-state index in [1.165, 1.54) is 17.8 Å². The van der Waals surface area contributed by atoms with Crippen molar-refractivity contribution in [1.82, 2.24) is 5.32 Å². The van der Waals surface area contributed by atoms with Crippen LogP contribution in [0.1, 0.15) is 23.1 Å². The Morgan fingerprint density at radius 1 is 1.19 bits per heavy atom. The lowest BCUT2D eigenvalue weighted by Crippen LogP contribution is -2.28. The van der Waals surface area contributed by atoms with Crippen molar-refractivity contribution < 1.29 is 14.0 Å². The molecule has 27 heavy (non-hydrogen) atoms. The number of benzene rings is 2. The second-order valence-corrected chi connectivity index (χ2v) is 7.71. The van der Waals surface area contributed by atoms with E-state index in [-0.39, 0.29) is 24.1 Å². The summed E-state index contributed by atoms with van der Waals surface area (Å²) in [6.45, 7) is 5.58. The Hall–Kier alpha value is -2.67. The molecule has 1 aliphatic rings. The smallest absolute Gasteiger partial charge is 0.240 e. The fourth-order valence-corrected chi connectivity index (χ4v) is 3.67. The van der Waals surface area contributed by atoms with Crippen molar-refractivity contribution >= 4 is 40.1 Å². The van der Waals surface area contributed by atoms with Crippen molar-refractivity contribution in [1.29, 1.82) is 0 Å². The number of hydrogen-bond donors (Lipinski definition) is 2. The number of rotatable bonds is 4. The first-order valence-corrected chi connectivity index (χ1v) is 9.39. The number of carbonyl (C=O) groups is 2. The molecule has 2 aromatic carbocycles. The number of nitrogens with zero attached hydrogens (tertiary/aromatic N) is 1. The van der Waals surface area contributed by atoms with Crippen LogP contribution >= 0.6 is 11.8 Å². The van der Waals surface area contributed by atoms with E-state index < -0.39 is 5.25 Å². The number of amides is 2. The second-order valence-electron chi connectivity index (χ2n) is 6.52. The quantitative estimate of drug-likeness (QED) is 0.836. The summed E-state index contributed by atoms with van der Waals surface area (Å²) in [7, 11) is 0. The van der Waals surface area contributed by atoms with Crippen molar-refractivity contribution in [2.24, 2.45) is 4.99 Å². The third kappa shape index (κ3) is 4.74. The molecule has 0 spiro atoms. The van der Waals surface area contributed by atoms with Crippen molar-refractivity contribution in [3.05, 3.63) is 58.9 Å². The number of carbonyl (C=O) groups excluding carboxylic acids is 2. The molecule has 2 aromatic rings. The van der Waals surface area contributed by atoms with Crippen molar-refractivity contribution in [3.8, 4) is 0 Å². The highest BCUT2D eigenvalue weighted by Crippen LogP contribution is 2.26. The summed E-state index contributed by atoms with van der Waals surface area (Å²) in [6, 6.07) is 10.4. The van der Waals surface area contributed by atoms with Gasteiger partial charge in [-0.2, -0.15) is 0 Å². The van der Waals surface area contributed by atoms with E-state index in [1.807, 2.05) is 32.0 Å². The SMILES string of the molecule is Cc1ccc(NC(=O)C[C@H]2SC(=Nc3ccc(C)c(F)c3)NC2=O)c(C)c1. The van der Waals surface area contributed by atoms with E-state index in [2.05, 4.69) is 15.6 Å². The molecule has 0 aliphatic carbocycles. The number of halogens is 1. The zero-order valence-corrected chi connectivity index (χ0v) is 16.1. The second kappa shape index (κ2) is 7.92. The number of aryl methyl sites for hydroxylation is 3. The first-order chi connectivity index (χ1) is 12.8. The van der Waals surface area contributed by atoms with Gasteiger partial charge in [-0.15, -0.1) is 0 Å².